The summed E-state index contributed by atoms with van der Waals surface area (Å²) in [7, 11) is 0. The molecule has 160 valence electrons. The average Bonchev–Trinajstić information content (AvgIpc) is 2.80. The molecule has 31 heavy (non-hydrogen) atoms. The van der Waals surface area contributed by atoms with Gasteiger partial charge in [0.15, 0.2) is 5.75 Å². The van der Waals surface area contributed by atoms with Crippen LogP contribution in [-0.4, -0.2) is 35.5 Å². The van der Waals surface area contributed by atoms with E-state index < -0.39 is 10.8 Å². The lowest BCUT2D eigenvalue weighted by molar-refractivity contribution is -0.385. The molecule has 1 aliphatic heterocycles. The third-order valence-corrected chi connectivity index (χ3v) is 5.46. The summed E-state index contributed by atoms with van der Waals surface area (Å²) >= 11 is 0. The summed E-state index contributed by atoms with van der Waals surface area (Å²) in [4.78, 5) is 30.3. The van der Waals surface area contributed by atoms with E-state index in [-0.39, 0.29) is 17.0 Å². The Morgan fingerprint density at radius 1 is 1.16 bits per heavy atom. The molecule has 3 aromatic rings. The van der Waals surface area contributed by atoms with Gasteiger partial charge in [-0.1, -0.05) is 0 Å². The van der Waals surface area contributed by atoms with E-state index in [9.17, 15) is 14.9 Å². The highest BCUT2D eigenvalue weighted by Crippen LogP contribution is 2.34. The van der Waals surface area contributed by atoms with Gasteiger partial charge in [-0.25, -0.2) is 0 Å². The second-order valence-corrected chi connectivity index (χ2v) is 7.43. The Labute approximate surface area is 180 Å². The van der Waals surface area contributed by atoms with Gasteiger partial charge >= 0.3 is 5.69 Å². The van der Waals surface area contributed by atoms with Crippen LogP contribution in [0.2, 0.25) is 0 Å². The fourth-order valence-electron chi connectivity index (χ4n) is 3.97. The van der Waals surface area contributed by atoms with Crippen LogP contribution in [0.1, 0.15) is 36.5 Å². The van der Waals surface area contributed by atoms with Crippen molar-refractivity contribution in [3.8, 4) is 5.75 Å². The Morgan fingerprint density at radius 2 is 1.97 bits per heavy atom. The Balaban J connectivity index is 1.65. The molecule has 1 fully saturated rings. The number of pyridine rings is 1. The van der Waals surface area contributed by atoms with Crippen LogP contribution in [0.5, 0.6) is 5.75 Å². The Bertz CT molecular complexity index is 1130. The number of piperidine rings is 1. The molecular formula is C23H24N4O4. The largest absolute Gasteiger partial charge is 0.487 e. The van der Waals surface area contributed by atoms with Crippen molar-refractivity contribution >= 4 is 33.7 Å². The van der Waals surface area contributed by atoms with Crippen LogP contribution in [0.4, 0.5) is 17.1 Å². The lowest BCUT2D eigenvalue weighted by Crippen LogP contribution is -2.29. The van der Waals surface area contributed by atoms with E-state index in [2.05, 4.69) is 15.2 Å². The summed E-state index contributed by atoms with van der Waals surface area (Å²) in [5.41, 5.74) is 1.70. The first kappa shape index (κ1) is 20.6. The number of hydrogen-bond donors (Lipinski definition) is 1. The van der Waals surface area contributed by atoms with Crippen LogP contribution in [0.15, 0.2) is 48.8 Å². The zero-order chi connectivity index (χ0) is 21.8. The van der Waals surface area contributed by atoms with Crippen molar-refractivity contribution in [2.75, 3.05) is 29.9 Å². The molecular weight excluding hydrogens is 396 g/mol. The number of ether oxygens (including phenoxy) is 1. The minimum atomic E-state index is -0.547. The van der Waals surface area contributed by atoms with E-state index in [1.54, 1.807) is 19.3 Å². The van der Waals surface area contributed by atoms with Crippen LogP contribution >= 0.6 is 0 Å². The van der Waals surface area contributed by atoms with Crippen molar-refractivity contribution in [3.05, 3.63) is 64.5 Å². The number of nitrogens with zero attached hydrogens (tertiary/aromatic N) is 3. The summed E-state index contributed by atoms with van der Waals surface area (Å²) in [6, 6.07) is 10.1. The number of carbonyl (C=O) groups excluding carboxylic acids is 1. The first-order valence-corrected chi connectivity index (χ1v) is 10.4. The number of amides is 1. The first-order valence-electron chi connectivity index (χ1n) is 10.4. The van der Waals surface area contributed by atoms with E-state index in [4.69, 9.17) is 4.74 Å². The van der Waals surface area contributed by atoms with Crippen molar-refractivity contribution < 1.29 is 14.5 Å². The van der Waals surface area contributed by atoms with Gasteiger partial charge in [0.1, 0.15) is 0 Å². The number of aromatic nitrogens is 1. The number of rotatable bonds is 6. The van der Waals surface area contributed by atoms with Gasteiger partial charge in [-0.05, 0) is 56.5 Å². The van der Waals surface area contributed by atoms with Crippen LogP contribution in [0.3, 0.4) is 0 Å². The molecule has 0 bridgehead atoms. The SMILES string of the molecule is CCOc1ccc(C(=O)Nc2ccc(N3CCCCC3)c3ccncc23)cc1[N+](=O)[O-]. The number of carbonyl (C=O) groups is 1. The van der Waals surface area contributed by atoms with E-state index in [0.29, 0.717) is 12.3 Å². The maximum atomic E-state index is 12.9. The van der Waals surface area contributed by atoms with Gasteiger partial charge in [0.2, 0.25) is 0 Å². The topological polar surface area (TPSA) is 97.6 Å². The third-order valence-electron chi connectivity index (χ3n) is 5.46. The Kier molecular flexibility index (Phi) is 5.97. The molecule has 8 nitrogen and oxygen atoms in total. The van der Waals surface area contributed by atoms with Crippen molar-refractivity contribution in [1.29, 1.82) is 0 Å². The monoisotopic (exact) mass is 420 g/mol. The summed E-state index contributed by atoms with van der Waals surface area (Å²) in [5, 5.41) is 16.1. The summed E-state index contributed by atoms with van der Waals surface area (Å²) in [6.45, 7) is 4.07. The van der Waals surface area contributed by atoms with E-state index in [1.807, 2.05) is 18.2 Å². The Morgan fingerprint density at radius 3 is 2.71 bits per heavy atom. The molecule has 0 spiro atoms. The smallest absolute Gasteiger partial charge is 0.311 e. The molecule has 0 atom stereocenters. The van der Waals surface area contributed by atoms with E-state index in [0.717, 1.165) is 29.5 Å². The molecule has 2 aromatic carbocycles. The van der Waals surface area contributed by atoms with Gasteiger partial charge in [0.25, 0.3) is 5.91 Å². The maximum Gasteiger partial charge on any atom is 0.311 e. The number of nitro groups is 1. The van der Waals surface area contributed by atoms with Crippen molar-refractivity contribution in [3.63, 3.8) is 0 Å². The fraction of sp³-hybridized carbons (Fsp3) is 0.304. The molecule has 1 amide bonds. The maximum absolute atomic E-state index is 12.9. The molecule has 1 aliphatic rings. The Hall–Kier alpha value is -3.68. The summed E-state index contributed by atoms with van der Waals surface area (Å²) in [5.74, 6) is -0.286. The number of benzene rings is 2. The van der Waals surface area contributed by atoms with Gasteiger partial charge in [0, 0.05) is 53.6 Å². The second-order valence-electron chi connectivity index (χ2n) is 7.43. The van der Waals surface area contributed by atoms with Crippen LogP contribution in [0.25, 0.3) is 10.8 Å². The zero-order valence-corrected chi connectivity index (χ0v) is 17.3. The molecule has 0 saturated carbocycles. The number of hydrogen-bond acceptors (Lipinski definition) is 6. The summed E-state index contributed by atoms with van der Waals surface area (Å²) < 4.78 is 5.29. The lowest BCUT2D eigenvalue weighted by Gasteiger charge is -2.30. The van der Waals surface area contributed by atoms with Crippen molar-refractivity contribution in [2.24, 2.45) is 0 Å². The van der Waals surface area contributed by atoms with Crippen molar-refractivity contribution in [1.82, 2.24) is 4.98 Å². The number of nitrogens with one attached hydrogen (secondary N) is 1. The zero-order valence-electron chi connectivity index (χ0n) is 17.3. The highest BCUT2D eigenvalue weighted by molar-refractivity contribution is 6.11. The predicted octanol–water partition coefficient (Wildman–Crippen LogP) is 4.78. The quantitative estimate of drug-likeness (QED) is 0.455. The number of nitro benzene ring substituents is 1. The normalized spacial score (nSPS) is 13.8. The molecule has 8 heteroatoms. The van der Waals surface area contributed by atoms with Crippen LogP contribution < -0.4 is 15.0 Å². The average molecular weight is 420 g/mol. The lowest BCUT2D eigenvalue weighted by atomic mass is 10.0. The highest BCUT2D eigenvalue weighted by atomic mass is 16.6. The molecule has 0 unspecified atom stereocenters. The molecule has 1 saturated heterocycles. The predicted molar refractivity (Wildman–Crippen MR) is 120 cm³/mol. The number of anilines is 2. The second kappa shape index (κ2) is 8.99. The standard InChI is InChI=1S/C23H24N4O4/c1-2-31-22-9-6-16(14-21(22)27(29)30)23(28)25-19-7-8-20(26-12-4-3-5-13-26)17-10-11-24-15-18(17)19/h6-11,14-15H,2-5,12-13H2,1H3,(H,25,28). The van der Waals surface area contributed by atoms with E-state index >= 15 is 0 Å². The molecule has 1 N–H and O–H groups in total. The van der Waals surface area contributed by atoms with Crippen LogP contribution in [-0.2, 0) is 0 Å². The van der Waals surface area contributed by atoms with Crippen molar-refractivity contribution in [2.45, 2.75) is 26.2 Å². The third kappa shape index (κ3) is 4.28. The minimum Gasteiger partial charge on any atom is -0.487 e. The highest BCUT2D eigenvalue weighted by Gasteiger charge is 2.20. The molecule has 0 radical (unpaired) electrons. The number of fused-ring (bicyclic) bond motifs is 1. The first-order chi connectivity index (χ1) is 15.1. The molecule has 4 rings (SSSR count). The molecule has 1 aromatic heterocycles. The molecule has 2 heterocycles. The minimum absolute atomic E-state index is 0.143. The van der Waals surface area contributed by atoms with Gasteiger partial charge in [-0.15, -0.1) is 0 Å². The van der Waals surface area contributed by atoms with Crippen LogP contribution in [0, 0.1) is 10.1 Å². The van der Waals surface area contributed by atoms with Gasteiger partial charge in [-0.3, -0.25) is 19.9 Å². The van der Waals surface area contributed by atoms with Gasteiger partial charge in [0.05, 0.1) is 17.2 Å². The summed E-state index contributed by atoms with van der Waals surface area (Å²) in [6.07, 6.45) is 7.07. The van der Waals surface area contributed by atoms with Gasteiger partial charge in [-0.2, -0.15) is 0 Å². The van der Waals surface area contributed by atoms with E-state index in [1.165, 1.54) is 37.5 Å². The fourth-order valence-corrected chi connectivity index (χ4v) is 3.97. The molecule has 0 aliphatic carbocycles. The van der Waals surface area contributed by atoms with Gasteiger partial charge < -0.3 is 15.0 Å².